The number of nitrogens with one attached hydrogen (secondary N) is 2. The molecule has 12 heteroatoms. The highest BCUT2D eigenvalue weighted by Gasteiger charge is 2.34. The number of ether oxygens (including phenoxy) is 2. The van der Waals surface area contributed by atoms with Crippen molar-refractivity contribution in [3.05, 3.63) is 83.7 Å². The average molecular weight is 576 g/mol. The van der Waals surface area contributed by atoms with Gasteiger partial charge in [-0.1, -0.05) is 30.8 Å². The predicted octanol–water partition coefficient (Wildman–Crippen LogP) is 3.47. The molecule has 2 aromatic carbocycles. The molecule has 0 saturated carbocycles. The minimum absolute atomic E-state index is 0.0284. The van der Waals surface area contributed by atoms with Crippen LogP contribution in [0.2, 0.25) is 0 Å². The zero-order chi connectivity index (χ0) is 28.9. The number of hydrogen-bond donors (Lipinski definition) is 2. The van der Waals surface area contributed by atoms with Crippen LogP contribution in [0.4, 0.5) is 14.6 Å². The molecule has 1 aromatic heterocycles. The highest BCUT2D eigenvalue weighted by Crippen LogP contribution is 2.31. The Hall–Kier alpha value is -3.48. The normalized spacial score (nSPS) is 17.6. The number of nitrogens with zero attached hydrogens (tertiary/aromatic N) is 3. The van der Waals surface area contributed by atoms with E-state index in [4.69, 9.17) is 9.47 Å². The fourth-order valence-electron chi connectivity index (χ4n) is 4.72. The molecule has 1 aliphatic heterocycles. The molecule has 0 unspecified atom stereocenters. The molecular weight excluding hydrogens is 540 g/mol. The Morgan fingerprint density at radius 3 is 2.55 bits per heavy atom. The van der Waals surface area contributed by atoms with Gasteiger partial charge in [0.2, 0.25) is 5.88 Å². The van der Waals surface area contributed by atoms with E-state index in [9.17, 15) is 17.2 Å². The number of methoxy groups -OCH3 is 1. The van der Waals surface area contributed by atoms with Crippen molar-refractivity contribution in [2.45, 2.75) is 18.9 Å². The predicted molar refractivity (Wildman–Crippen MR) is 151 cm³/mol. The van der Waals surface area contributed by atoms with E-state index in [-0.39, 0.29) is 24.3 Å². The van der Waals surface area contributed by atoms with Crippen molar-refractivity contribution in [1.82, 2.24) is 20.0 Å². The Morgan fingerprint density at radius 1 is 1.12 bits per heavy atom. The molecule has 2 atom stereocenters. The van der Waals surface area contributed by atoms with Gasteiger partial charge in [0.1, 0.15) is 12.4 Å². The second-order valence-electron chi connectivity index (χ2n) is 9.89. The highest BCUT2D eigenvalue weighted by atomic mass is 32.2. The van der Waals surface area contributed by atoms with Gasteiger partial charge in [-0.05, 0) is 36.8 Å². The maximum absolute atomic E-state index is 14.1. The topological polar surface area (TPSA) is 97.7 Å². The molecule has 40 heavy (non-hydrogen) atoms. The number of likely N-dealkylation sites (tertiary alicyclic amines) is 1. The lowest BCUT2D eigenvalue weighted by Crippen LogP contribution is -2.37. The summed E-state index contributed by atoms with van der Waals surface area (Å²) in [6, 6.07) is 13.3. The van der Waals surface area contributed by atoms with Crippen LogP contribution >= 0.6 is 0 Å². The number of para-hydroxylation sites is 1. The van der Waals surface area contributed by atoms with E-state index in [1.807, 2.05) is 37.3 Å². The molecule has 0 radical (unpaired) electrons. The Kier molecular flexibility index (Phi) is 9.44. The Labute approximate surface area is 233 Å². The molecule has 2 heterocycles. The van der Waals surface area contributed by atoms with Crippen LogP contribution in [0.25, 0.3) is 5.69 Å². The fraction of sp³-hybridized carbons (Fsp3) is 0.393. The van der Waals surface area contributed by atoms with Gasteiger partial charge in [-0.3, -0.25) is 4.90 Å². The van der Waals surface area contributed by atoms with E-state index in [1.165, 1.54) is 6.07 Å². The summed E-state index contributed by atoms with van der Waals surface area (Å²) in [5, 5.41) is 11.3. The third-order valence-electron chi connectivity index (χ3n) is 6.78. The van der Waals surface area contributed by atoms with Crippen LogP contribution in [0.3, 0.4) is 0 Å². The highest BCUT2D eigenvalue weighted by molar-refractivity contribution is 7.90. The summed E-state index contributed by atoms with van der Waals surface area (Å²) >= 11 is 0. The standard InChI is InChI=1S/C28H35F2N5O4S/c1-19-27(35(22-8-6-5-7-9-22)33-28(19)39-14-15-40(4,36)37)32-20(2)31-26-18-34(12-13-38-3)17-23(26)21-10-11-24(29)25(30)16-21/h5-11,16,23,26,31-32H,2,12-15,17-18H2,1,3-4H3/t23-,26+/m0/s1. The average Bonchev–Trinajstić information content (AvgIpc) is 3.45. The van der Waals surface area contributed by atoms with Crippen molar-refractivity contribution < 1.29 is 26.7 Å². The molecule has 1 aliphatic rings. The van der Waals surface area contributed by atoms with Crippen molar-refractivity contribution in [3.8, 4) is 11.6 Å². The van der Waals surface area contributed by atoms with Crippen LogP contribution in [0.15, 0.2) is 60.9 Å². The zero-order valence-electron chi connectivity index (χ0n) is 22.9. The molecule has 1 fully saturated rings. The van der Waals surface area contributed by atoms with Crippen molar-refractivity contribution in [1.29, 1.82) is 0 Å². The maximum Gasteiger partial charge on any atom is 0.238 e. The van der Waals surface area contributed by atoms with Gasteiger partial charge in [-0.15, -0.1) is 5.10 Å². The van der Waals surface area contributed by atoms with Gasteiger partial charge in [-0.25, -0.2) is 21.9 Å². The first-order valence-electron chi connectivity index (χ1n) is 12.9. The molecule has 9 nitrogen and oxygen atoms in total. The third-order valence-corrected chi connectivity index (χ3v) is 7.69. The van der Waals surface area contributed by atoms with Gasteiger partial charge in [0.05, 0.1) is 29.4 Å². The van der Waals surface area contributed by atoms with Gasteiger partial charge < -0.3 is 20.1 Å². The van der Waals surface area contributed by atoms with E-state index < -0.39 is 21.5 Å². The lowest BCUT2D eigenvalue weighted by atomic mass is 9.94. The number of halogens is 2. The first-order chi connectivity index (χ1) is 19.1. The van der Waals surface area contributed by atoms with Gasteiger partial charge in [0.25, 0.3) is 0 Å². The Balaban J connectivity index is 1.56. The quantitative estimate of drug-likeness (QED) is 0.320. The number of rotatable bonds is 13. The van der Waals surface area contributed by atoms with Crippen molar-refractivity contribution in [3.63, 3.8) is 0 Å². The van der Waals surface area contributed by atoms with Crippen LogP contribution in [0.1, 0.15) is 17.0 Å². The summed E-state index contributed by atoms with van der Waals surface area (Å²) in [5.74, 6) is -0.642. The van der Waals surface area contributed by atoms with E-state index >= 15 is 0 Å². The zero-order valence-corrected chi connectivity index (χ0v) is 23.7. The maximum atomic E-state index is 14.1. The monoisotopic (exact) mass is 575 g/mol. The molecular formula is C28H35F2N5O4S. The summed E-state index contributed by atoms with van der Waals surface area (Å²) in [4.78, 5) is 2.20. The summed E-state index contributed by atoms with van der Waals surface area (Å²) < 4.78 is 63.5. The van der Waals surface area contributed by atoms with Crippen LogP contribution in [0.5, 0.6) is 5.88 Å². The SMILES string of the molecule is C=C(Nc1c(C)c(OCCS(C)(=O)=O)nn1-c1ccccc1)N[C@@H]1CN(CCOC)C[C@H]1c1ccc(F)c(F)c1. The second kappa shape index (κ2) is 12.8. The summed E-state index contributed by atoms with van der Waals surface area (Å²) in [6.07, 6.45) is 1.15. The number of sulfone groups is 1. The van der Waals surface area contributed by atoms with E-state index in [0.717, 1.165) is 18.0 Å². The minimum atomic E-state index is -3.19. The molecule has 0 aliphatic carbocycles. The molecule has 216 valence electrons. The third kappa shape index (κ3) is 7.38. The molecule has 0 spiro atoms. The summed E-state index contributed by atoms with van der Waals surface area (Å²) in [5.41, 5.74) is 2.13. The van der Waals surface area contributed by atoms with Gasteiger partial charge >= 0.3 is 0 Å². The van der Waals surface area contributed by atoms with Crippen molar-refractivity contribution >= 4 is 15.7 Å². The van der Waals surface area contributed by atoms with Crippen LogP contribution in [-0.4, -0.2) is 81.1 Å². The molecule has 2 N–H and O–H groups in total. The minimum Gasteiger partial charge on any atom is -0.475 e. The smallest absolute Gasteiger partial charge is 0.238 e. The van der Waals surface area contributed by atoms with E-state index in [1.54, 1.807) is 17.9 Å². The van der Waals surface area contributed by atoms with Gasteiger partial charge in [0.15, 0.2) is 21.5 Å². The molecule has 4 rings (SSSR count). The number of anilines is 1. The largest absolute Gasteiger partial charge is 0.475 e. The summed E-state index contributed by atoms with van der Waals surface area (Å²) in [7, 11) is -1.55. The van der Waals surface area contributed by atoms with Gasteiger partial charge in [-0.2, -0.15) is 0 Å². The van der Waals surface area contributed by atoms with Crippen LogP contribution < -0.4 is 15.4 Å². The van der Waals surface area contributed by atoms with E-state index in [2.05, 4.69) is 27.2 Å². The molecule has 0 bridgehead atoms. The van der Waals surface area contributed by atoms with Gasteiger partial charge in [0, 0.05) is 45.0 Å². The summed E-state index contributed by atoms with van der Waals surface area (Å²) in [6.45, 7) is 8.50. The van der Waals surface area contributed by atoms with Crippen molar-refractivity contribution in [2.75, 3.05) is 57.3 Å². The number of benzene rings is 2. The van der Waals surface area contributed by atoms with Crippen LogP contribution in [0, 0.1) is 18.6 Å². The molecule has 0 amide bonds. The Bertz CT molecular complexity index is 1430. The molecule has 1 saturated heterocycles. The second-order valence-corrected chi connectivity index (χ2v) is 12.2. The van der Waals surface area contributed by atoms with E-state index in [0.29, 0.717) is 54.9 Å². The van der Waals surface area contributed by atoms with Crippen molar-refractivity contribution in [2.24, 2.45) is 0 Å². The fourth-order valence-corrected chi connectivity index (χ4v) is 5.11. The lowest BCUT2D eigenvalue weighted by molar-refractivity contribution is 0.159. The lowest BCUT2D eigenvalue weighted by Gasteiger charge is -2.24. The van der Waals surface area contributed by atoms with Crippen LogP contribution in [-0.2, 0) is 14.6 Å². The number of aromatic nitrogens is 2. The Morgan fingerprint density at radius 2 is 1.88 bits per heavy atom. The first kappa shape index (κ1) is 29.5. The first-order valence-corrected chi connectivity index (χ1v) is 15.0. The molecule has 3 aromatic rings. The number of hydrogen-bond acceptors (Lipinski definition) is 8.